The summed E-state index contributed by atoms with van der Waals surface area (Å²) in [6.07, 6.45) is 10.9. The fraction of sp³-hybridized carbons (Fsp3) is 0.379. The third kappa shape index (κ3) is 8.03. The van der Waals surface area contributed by atoms with Gasteiger partial charge in [-0.05, 0) is 68.9 Å². The average Bonchev–Trinajstić information content (AvgIpc) is 3.69. The molecule has 0 bridgehead atoms. The summed E-state index contributed by atoms with van der Waals surface area (Å²) in [5.74, 6) is 1.30. The lowest BCUT2D eigenvalue weighted by molar-refractivity contribution is 0.0694. The molecule has 1 aromatic carbocycles. The van der Waals surface area contributed by atoms with Crippen LogP contribution in [0.4, 0.5) is 0 Å². The molecule has 2 fully saturated rings. The fourth-order valence-electron chi connectivity index (χ4n) is 4.02. The molecule has 1 saturated heterocycles. The molecular formula is C29H31ClN4O5S. The van der Waals surface area contributed by atoms with Crippen LogP contribution in [0.25, 0.3) is 6.08 Å². The zero-order valence-corrected chi connectivity index (χ0v) is 23.7. The van der Waals surface area contributed by atoms with Crippen LogP contribution in [-0.2, 0) is 4.74 Å². The second-order valence-corrected chi connectivity index (χ2v) is 11.3. The molecule has 2 aromatic heterocycles. The van der Waals surface area contributed by atoms with Crippen LogP contribution in [0, 0.1) is 5.92 Å². The van der Waals surface area contributed by atoms with Crippen molar-refractivity contribution >= 4 is 40.8 Å². The van der Waals surface area contributed by atoms with Crippen LogP contribution in [-0.4, -0.2) is 53.7 Å². The third-order valence-electron chi connectivity index (χ3n) is 6.50. The van der Waals surface area contributed by atoms with E-state index in [-0.39, 0.29) is 29.6 Å². The highest BCUT2D eigenvalue weighted by Gasteiger charge is 2.22. The van der Waals surface area contributed by atoms with Gasteiger partial charge in [0.15, 0.2) is 0 Å². The summed E-state index contributed by atoms with van der Waals surface area (Å²) in [6, 6.07) is 8.24. The van der Waals surface area contributed by atoms with E-state index in [0.717, 1.165) is 30.1 Å². The Hall–Kier alpha value is -3.47. The van der Waals surface area contributed by atoms with E-state index in [1.807, 2.05) is 25.1 Å². The number of ether oxygens (including phenoxy) is 3. The number of hydrogen-bond acceptors (Lipinski definition) is 8. The fourth-order valence-corrected chi connectivity index (χ4v) is 4.92. The number of nitrogens with one attached hydrogen (secondary N) is 2. The summed E-state index contributed by atoms with van der Waals surface area (Å²) >= 11 is 7.73. The Balaban J connectivity index is 1.12. The quantitative estimate of drug-likeness (QED) is 0.306. The van der Waals surface area contributed by atoms with E-state index in [9.17, 15) is 9.59 Å². The number of carbonyl (C=O) groups excluding carboxylic acids is 2. The number of nitrogens with zero attached hydrogens (tertiary/aromatic N) is 2. The Morgan fingerprint density at radius 1 is 1.15 bits per heavy atom. The molecule has 2 aliphatic rings. The number of hydrogen-bond donors (Lipinski definition) is 2. The number of aromatic nitrogens is 2. The number of carbonyl (C=O) groups is 2. The monoisotopic (exact) mass is 582 g/mol. The number of rotatable bonds is 11. The van der Waals surface area contributed by atoms with Crippen molar-refractivity contribution in [3.05, 3.63) is 70.0 Å². The van der Waals surface area contributed by atoms with Crippen molar-refractivity contribution in [3.8, 4) is 16.7 Å². The van der Waals surface area contributed by atoms with Crippen LogP contribution in [0.5, 0.6) is 16.7 Å². The second kappa shape index (κ2) is 13.3. The van der Waals surface area contributed by atoms with Crippen molar-refractivity contribution in [1.29, 1.82) is 0 Å². The standard InChI is InChI=1S/C29H31ClN4O5S/c1-18(33-27(35)20-8-11-31-25(14-20)28(36)34-21-9-12-37-13-10-21)2-6-23-16-32-29(40-23)39-26-7-5-22(15-24(26)30)38-17-19-3-4-19/h2,5-8,11,14-16,18-19,21H,3-4,9-10,12-13,17H2,1H3,(H,33,35)(H,34,36)/b6-2+/t18-/m0/s1. The molecule has 2 amide bonds. The first-order valence-electron chi connectivity index (χ1n) is 13.3. The van der Waals surface area contributed by atoms with Crippen LogP contribution < -0.4 is 20.1 Å². The van der Waals surface area contributed by atoms with Crippen molar-refractivity contribution < 1.29 is 23.8 Å². The molecule has 210 valence electrons. The van der Waals surface area contributed by atoms with E-state index < -0.39 is 0 Å². The molecule has 1 aliphatic carbocycles. The molecule has 0 spiro atoms. The summed E-state index contributed by atoms with van der Waals surface area (Å²) in [5, 5.41) is 6.79. The molecule has 0 radical (unpaired) electrons. The number of pyridine rings is 1. The minimum absolute atomic E-state index is 0.0529. The number of amides is 2. The van der Waals surface area contributed by atoms with Crippen LogP contribution in [0.15, 0.2) is 48.8 Å². The normalized spacial score (nSPS) is 16.4. The van der Waals surface area contributed by atoms with E-state index in [1.54, 1.807) is 24.4 Å². The van der Waals surface area contributed by atoms with Crippen molar-refractivity contribution in [2.24, 2.45) is 5.92 Å². The molecule has 1 atom stereocenters. The maximum Gasteiger partial charge on any atom is 0.279 e. The van der Waals surface area contributed by atoms with E-state index in [2.05, 4.69) is 20.6 Å². The largest absolute Gasteiger partial charge is 0.493 e. The number of thiazole rings is 1. The van der Waals surface area contributed by atoms with Crippen LogP contribution in [0.2, 0.25) is 5.02 Å². The topological polar surface area (TPSA) is 112 Å². The maximum absolute atomic E-state index is 12.8. The molecule has 0 unspecified atom stereocenters. The molecule has 3 heterocycles. The van der Waals surface area contributed by atoms with Crippen molar-refractivity contribution in [3.63, 3.8) is 0 Å². The summed E-state index contributed by atoms with van der Waals surface area (Å²) < 4.78 is 16.9. The van der Waals surface area contributed by atoms with Gasteiger partial charge in [0.05, 0.1) is 16.5 Å². The van der Waals surface area contributed by atoms with Gasteiger partial charge in [0.1, 0.15) is 17.2 Å². The molecule has 40 heavy (non-hydrogen) atoms. The minimum atomic E-state index is -0.299. The van der Waals surface area contributed by atoms with Crippen LogP contribution in [0.3, 0.4) is 0 Å². The smallest absolute Gasteiger partial charge is 0.279 e. The van der Waals surface area contributed by atoms with Crippen LogP contribution in [0.1, 0.15) is 58.3 Å². The van der Waals surface area contributed by atoms with Gasteiger partial charge in [0.25, 0.3) is 17.0 Å². The van der Waals surface area contributed by atoms with Gasteiger partial charge in [0, 0.05) is 49.3 Å². The molecular weight excluding hydrogens is 552 g/mol. The predicted molar refractivity (Wildman–Crippen MR) is 153 cm³/mol. The Morgan fingerprint density at radius 3 is 2.75 bits per heavy atom. The average molecular weight is 583 g/mol. The highest BCUT2D eigenvalue weighted by molar-refractivity contribution is 7.14. The van der Waals surface area contributed by atoms with Crippen molar-refractivity contribution in [2.45, 2.75) is 44.7 Å². The summed E-state index contributed by atoms with van der Waals surface area (Å²) in [7, 11) is 0. The Bertz CT molecular complexity index is 1370. The van der Waals surface area contributed by atoms with Crippen molar-refractivity contribution in [2.75, 3.05) is 19.8 Å². The predicted octanol–water partition coefficient (Wildman–Crippen LogP) is 5.51. The highest BCUT2D eigenvalue weighted by Crippen LogP contribution is 2.35. The number of benzene rings is 1. The Morgan fingerprint density at radius 2 is 1.98 bits per heavy atom. The molecule has 5 rings (SSSR count). The van der Waals surface area contributed by atoms with Gasteiger partial charge >= 0.3 is 0 Å². The molecule has 1 aliphatic heterocycles. The molecule has 3 aromatic rings. The van der Waals surface area contributed by atoms with E-state index in [4.69, 9.17) is 25.8 Å². The van der Waals surface area contributed by atoms with Gasteiger partial charge in [-0.1, -0.05) is 29.0 Å². The molecule has 11 heteroatoms. The van der Waals surface area contributed by atoms with E-state index in [0.29, 0.717) is 40.7 Å². The highest BCUT2D eigenvalue weighted by atomic mass is 35.5. The first-order valence-corrected chi connectivity index (χ1v) is 14.5. The van der Waals surface area contributed by atoms with E-state index in [1.165, 1.54) is 36.4 Å². The minimum Gasteiger partial charge on any atom is -0.493 e. The number of halogens is 1. The summed E-state index contributed by atoms with van der Waals surface area (Å²) in [5.41, 5.74) is 0.571. The molecule has 1 saturated carbocycles. The lowest BCUT2D eigenvalue weighted by Crippen LogP contribution is -2.39. The summed E-state index contributed by atoms with van der Waals surface area (Å²) in [4.78, 5) is 34.7. The lowest BCUT2D eigenvalue weighted by Gasteiger charge is -2.22. The lowest BCUT2D eigenvalue weighted by atomic mass is 10.1. The third-order valence-corrected chi connectivity index (χ3v) is 7.64. The van der Waals surface area contributed by atoms with Gasteiger partial charge < -0.3 is 24.8 Å². The first kappa shape index (κ1) is 28.1. The Kier molecular flexibility index (Phi) is 9.30. The van der Waals surface area contributed by atoms with E-state index >= 15 is 0 Å². The summed E-state index contributed by atoms with van der Waals surface area (Å²) in [6.45, 7) is 3.83. The van der Waals surface area contributed by atoms with Crippen molar-refractivity contribution in [1.82, 2.24) is 20.6 Å². The van der Waals surface area contributed by atoms with Gasteiger partial charge in [-0.2, -0.15) is 0 Å². The van der Waals surface area contributed by atoms with Gasteiger partial charge in [0.2, 0.25) is 0 Å². The maximum atomic E-state index is 12.8. The zero-order chi connectivity index (χ0) is 27.9. The van der Waals surface area contributed by atoms with Crippen LogP contribution >= 0.6 is 22.9 Å². The molecule has 9 nitrogen and oxygen atoms in total. The molecule has 2 N–H and O–H groups in total. The first-order chi connectivity index (χ1) is 19.4. The Labute approximate surface area is 241 Å². The zero-order valence-electron chi connectivity index (χ0n) is 22.1. The van der Waals surface area contributed by atoms with Gasteiger partial charge in [-0.25, -0.2) is 4.98 Å². The van der Waals surface area contributed by atoms with Gasteiger partial charge in [-0.3, -0.25) is 14.6 Å². The van der Waals surface area contributed by atoms with Gasteiger partial charge in [-0.15, -0.1) is 0 Å². The second-order valence-electron chi connectivity index (χ2n) is 9.89. The SMILES string of the molecule is C[C@@H](/C=C/c1cnc(Oc2ccc(OCC3CC3)cc2Cl)s1)NC(=O)c1ccnc(C(=O)NC2CCOCC2)c1.